The fraction of sp³-hybridized carbons (Fsp3) is 0.526. The summed E-state index contributed by atoms with van der Waals surface area (Å²) in [5.41, 5.74) is 0.585. The highest BCUT2D eigenvalue weighted by molar-refractivity contribution is 7.94. The van der Waals surface area contributed by atoms with E-state index >= 15 is 0 Å². The average Bonchev–Trinajstić information content (AvgIpc) is 3.19. The summed E-state index contributed by atoms with van der Waals surface area (Å²) in [5.74, 6) is 1.02. The molecule has 1 N–H and O–H groups in total. The number of aliphatic hydroxyl groups is 1. The minimum atomic E-state index is -3.30. The first-order valence-corrected chi connectivity index (χ1v) is 11.9. The number of aliphatic hydroxyl groups excluding tert-OH is 1. The third-order valence-corrected chi connectivity index (χ3v) is 9.31. The zero-order valence-corrected chi connectivity index (χ0v) is 16.8. The summed E-state index contributed by atoms with van der Waals surface area (Å²) < 4.78 is 25.9. The van der Waals surface area contributed by atoms with Crippen LogP contribution in [0, 0.1) is 0 Å². The fourth-order valence-electron chi connectivity index (χ4n) is 3.99. The van der Waals surface area contributed by atoms with Crippen LogP contribution >= 0.6 is 11.3 Å². The van der Waals surface area contributed by atoms with Gasteiger partial charge in [0.05, 0.1) is 11.4 Å². The summed E-state index contributed by atoms with van der Waals surface area (Å²) in [6, 6.07) is 7.70. The molecule has 2 unspecified atom stereocenters. The number of nitrogens with zero attached hydrogens (tertiary/aromatic N) is 3. The van der Waals surface area contributed by atoms with Gasteiger partial charge in [0, 0.05) is 37.9 Å². The summed E-state index contributed by atoms with van der Waals surface area (Å²) in [6.07, 6.45) is 2.93. The Morgan fingerprint density at radius 3 is 2.74 bits per heavy atom. The summed E-state index contributed by atoms with van der Waals surface area (Å²) >= 11 is 1.23. The summed E-state index contributed by atoms with van der Waals surface area (Å²) in [5, 5.41) is 11.6. The third kappa shape index (κ3) is 3.89. The molecule has 8 heteroatoms. The molecule has 27 heavy (non-hydrogen) atoms. The van der Waals surface area contributed by atoms with Crippen molar-refractivity contribution in [3.05, 3.63) is 41.4 Å². The molecule has 4 rings (SSSR count). The van der Waals surface area contributed by atoms with Crippen LogP contribution in [0.2, 0.25) is 0 Å². The van der Waals surface area contributed by atoms with Gasteiger partial charge in [-0.3, -0.25) is 4.90 Å². The average molecular weight is 408 g/mol. The molecule has 2 aromatic rings. The van der Waals surface area contributed by atoms with Crippen LogP contribution in [0.5, 0.6) is 0 Å². The number of rotatable bonds is 5. The van der Waals surface area contributed by atoms with Gasteiger partial charge in [0.15, 0.2) is 9.84 Å². The molecule has 1 saturated heterocycles. The highest BCUT2D eigenvalue weighted by atomic mass is 32.2. The Morgan fingerprint density at radius 2 is 2.00 bits per heavy atom. The zero-order chi connectivity index (χ0) is 18.9. The van der Waals surface area contributed by atoms with Gasteiger partial charge in [-0.15, -0.1) is 11.3 Å². The van der Waals surface area contributed by atoms with Crippen LogP contribution in [0.15, 0.2) is 40.1 Å². The summed E-state index contributed by atoms with van der Waals surface area (Å²) in [7, 11) is -3.30. The molecule has 0 spiro atoms. The number of fused-ring (bicyclic) bond motifs is 1. The van der Waals surface area contributed by atoms with Gasteiger partial charge in [0.2, 0.25) is 0 Å². The molecule has 0 radical (unpaired) electrons. The Kier molecular flexibility index (Phi) is 5.50. The number of hydrogen-bond donors (Lipinski definition) is 1. The Labute approximate surface area is 164 Å². The summed E-state index contributed by atoms with van der Waals surface area (Å²) in [4.78, 5) is 9.09. The van der Waals surface area contributed by atoms with Crippen molar-refractivity contribution in [1.82, 2.24) is 9.88 Å². The van der Waals surface area contributed by atoms with Crippen molar-refractivity contribution in [2.75, 3.05) is 37.6 Å². The maximum Gasteiger partial charge on any atom is 0.191 e. The molecule has 0 amide bonds. The van der Waals surface area contributed by atoms with E-state index in [0.717, 1.165) is 45.0 Å². The largest absolute Gasteiger partial charge is 0.388 e. The molecule has 2 atom stereocenters. The van der Waals surface area contributed by atoms with E-state index in [1.807, 2.05) is 24.4 Å². The van der Waals surface area contributed by atoms with Crippen LogP contribution in [0.3, 0.4) is 0 Å². The Hall–Kier alpha value is -1.48. The number of aromatic nitrogens is 1. The topological polar surface area (TPSA) is 73.7 Å². The van der Waals surface area contributed by atoms with Crippen molar-refractivity contribution >= 4 is 27.0 Å². The van der Waals surface area contributed by atoms with E-state index in [0.29, 0.717) is 22.6 Å². The normalized spacial score (nSPS) is 25.3. The SMILES string of the molecule is O=S1(=O)c2sccc2C(O)CC1CCCN1CCN(c2ccccn2)CC1. The molecule has 146 valence electrons. The first-order chi connectivity index (χ1) is 13.1. The number of hydrogen-bond acceptors (Lipinski definition) is 7. The van der Waals surface area contributed by atoms with Gasteiger partial charge in [0.25, 0.3) is 0 Å². The Bertz CT molecular complexity index is 861. The monoisotopic (exact) mass is 407 g/mol. The molecule has 0 bridgehead atoms. The van der Waals surface area contributed by atoms with Gasteiger partial charge < -0.3 is 10.0 Å². The number of sulfone groups is 1. The molecule has 2 aromatic heterocycles. The van der Waals surface area contributed by atoms with E-state index in [2.05, 4.69) is 14.8 Å². The van der Waals surface area contributed by atoms with Crippen LogP contribution in [-0.4, -0.2) is 61.4 Å². The van der Waals surface area contributed by atoms with Crippen LogP contribution < -0.4 is 4.90 Å². The molecule has 0 aliphatic carbocycles. The van der Waals surface area contributed by atoms with Crippen molar-refractivity contribution < 1.29 is 13.5 Å². The smallest absolute Gasteiger partial charge is 0.191 e. The fourth-order valence-corrected chi connectivity index (χ4v) is 7.53. The Balaban J connectivity index is 1.27. The van der Waals surface area contributed by atoms with Crippen molar-refractivity contribution in [3.63, 3.8) is 0 Å². The van der Waals surface area contributed by atoms with E-state index in [1.54, 1.807) is 11.4 Å². The van der Waals surface area contributed by atoms with Crippen LogP contribution in [0.4, 0.5) is 5.82 Å². The van der Waals surface area contributed by atoms with E-state index in [9.17, 15) is 13.5 Å². The van der Waals surface area contributed by atoms with E-state index in [4.69, 9.17) is 0 Å². The molecular weight excluding hydrogens is 382 g/mol. The van der Waals surface area contributed by atoms with Crippen molar-refractivity contribution in [2.45, 2.75) is 34.8 Å². The lowest BCUT2D eigenvalue weighted by Crippen LogP contribution is -2.47. The molecule has 6 nitrogen and oxygen atoms in total. The standard InChI is InChI=1S/C19H25N3O3S2/c23-17-14-15(27(24,25)19-16(17)6-13-26-19)4-3-8-21-9-11-22(12-10-21)18-5-1-2-7-20-18/h1-2,5-7,13,15,17,23H,3-4,8-12,14H2. The molecule has 0 saturated carbocycles. The van der Waals surface area contributed by atoms with Gasteiger partial charge in [-0.05, 0) is 49.4 Å². The lowest BCUT2D eigenvalue weighted by molar-refractivity contribution is 0.157. The highest BCUT2D eigenvalue weighted by Gasteiger charge is 2.38. The molecular formula is C19H25N3O3S2. The lowest BCUT2D eigenvalue weighted by Gasteiger charge is -2.35. The predicted octanol–water partition coefficient (Wildman–Crippen LogP) is 2.32. The quantitative estimate of drug-likeness (QED) is 0.820. The molecule has 2 aliphatic rings. The van der Waals surface area contributed by atoms with Crippen LogP contribution in [0.1, 0.15) is 30.9 Å². The minimum absolute atomic E-state index is 0.319. The molecule has 2 aliphatic heterocycles. The van der Waals surface area contributed by atoms with E-state index in [1.165, 1.54) is 11.3 Å². The summed E-state index contributed by atoms with van der Waals surface area (Å²) in [6.45, 7) is 4.71. The van der Waals surface area contributed by atoms with Crippen molar-refractivity contribution in [2.24, 2.45) is 0 Å². The highest BCUT2D eigenvalue weighted by Crippen LogP contribution is 2.40. The first-order valence-electron chi connectivity index (χ1n) is 9.43. The third-order valence-electron chi connectivity index (χ3n) is 5.55. The van der Waals surface area contributed by atoms with Gasteiger partial charge in [-0.25, -0.2) is 13.4 Å². The molecule has 4 heterocycles. The second kappa shape index (κ2) is 7.87. The van der Waals surface area contributed by atoms with Gasteiger partial charge in [-0.1, -0.05) is 6.07 Å². The maximum absolute atomic E-state index is 12.8. The molecule has 1 fully saturated rings. The van der Waals surface area contributed by atoms with Crippen LogP contribution in [0.25, 0.3) is 0 Å². The van der Waals surface area contributed by atoms with E-state index in [-0.39, 0.29) is 0 Å². The number of pyridine rings is 1. The Morgan fingerprint density at radius 1 is 1.19 bits per heavy atom. The number of anilines is 1. The van der Waals surface area contributed by atoms with Crippen molar-refractivity contribution in [1.29, 1.82) is 0 Å². The van der Waals surface area contributed by atoms with Gasteiger partial charge in [0.1, 0.15) is 10.0 Å². The van der Waals surface area contributed by atoms with Gasteiger partial charge in [-0.2, -0.15) is 0 Å². The first kappa shape index (κ1) is 18.9. The number of piperazine rings is 1. The maximum atomic E-state index is 12.8. The van der Waals surface area contributed by atoms with Gasteiger partial charge >= 0.3 is 0 Å². The molecule has 0 aromatic carbocycles. The second-order valence-electron chi connectivity index (χ2n) is 7.24. The zero-order valence-electron chi connectivity index (χ0n) is 15.2. The predicted molar refractivity (Wildman–Crippen MR) is 107 cm³/mol. The van der Waals surface area contributed by atoms with Crippen LogP contribution in [-0.2, 0) is 9.84 Å². The lowest BCUT2D eigenvalue weighted by atomic mass is 10.0. The van der Waals surface area contributed by atoms with Crippen molar-refractivity contribution in [3.8, 4) is 0 Å². The van der Waals surface area contributed by atoms with E-state index < -0.39 is 21.2 Å². The minimum Gasteiger partial charge on any atom is -0.388 e. The second-order valence-corrected chi connectivity index (χ2v) is 10.6. The number of thiophene rings is 1.